The molecule has 0 spiro atoms. The Balaban J connectivity index is 2.79. The zero-order chi connectivity index (χ0) is 14.1. The Morgan fingerprint density at radius 1 is 1.26 bits per heavy atom. The highest BCUT2D eigenvalue weighted by Gasteiger charge is 2.12. The summed E-state index contributed by atoms with van der Waals surface area (Å²) in [5, 5.41) is 0. The second-order valence-corrected chi connectivity index (χ2v) is 4.58. The zero-order valence-electron chi connectivity index (χ0n) is 11.9. The van der Waals surface area contributed by atoms with Crippen LogP contribution in [-0.2, 0) is 14.3 Å². The van der Waals surface area contributed by atoms with E-state index in [1.807, 2.05) is 57.2 Å². The van der Waals surface area contributed by atoms with Gasteiger partial charge in [-0.1, -0.05) is 37.3 Å². The molecule has 0 aliphatic heterocycles. The first-order chi connectivity index (χ1) is 9.13. The number of rotatable bonds is 7. The fraction of sp³-hybridized carbons (Fsp3) is 0.438. The molecule has 3 nitrogen and oxygen atoms in total. The number of esters is 1. The van der Waals surface area contributed by atoms with Crippen LogP contribution in [0.2, 0.25) is 0 Å². The van der Waals surface area contributed by atoms with E-state index in [-0.39, 0.29) is 18.7 Å². The second kappa shape index (κ2) is 8.48. The lowest BCUT2D eigenvalue weighted by molar-refractivity contribution is -0.139. The van der Waals surface area contributed by atoms with Crippen molar-refractivity contribution in [2.45, 2.75) is 33.3 Å². The van der Waals surface area contributed by atoms with Gasteiger partial charge in [-0.15, -0.1) is 0 Å². The SMILES string of the molecule is CCCOC(=O)C(=Cc1ccccc1)COC(C)C. The van der Waals surface area contributed by atoms with Gasteiger partial charge < -0.3 is 9.47 Å². The molecular weight excluding hydrogens is 240 g/mol. The lowest BCUT2D eigenvalue weighted by Crippen LogP contribution is -2.15. The van der Waals surface area contributed by atoms with E-state index in [1.165, 1.54) is 0 Å². The molecular formula is C16H22O3. The van der Waals surface area contributed by atoms with Gasteiger partial charge in [0.05, 0.1) is 24.9 Å². The minimum Gasteiger partial charge on any atom is -0.462 e. The minimum absolute atomic E-state index is 0.0816. The molecule has 104 valence electrons. The van der Waals surface area contributed by atoms with Gasteiger partial charge in [0.25, 0.3) is 0 Å². The Morgan fingerprint density at radius 2 is 1.95 bits per heavy atom. The molecule has 0 saturated carbocycles. The number of hydrogen-bond acceptors (Lipinski definition) is 3. The smallest absolute Gasteiger partial charge is 0.336 e. The van der Waals surface area contributed by atoms with Crippen LogP contribution in [0.15, 0.2) is 35.9 Å². The molecule has 0 atom stereocenters. The van der Waals surface area contributed by atoms with Crippen molar-refractivity contribution in [3.8, 4) is 0 Å². The van der Waals surface area contributed by atoms with E-state index >= 15 is 0 Å². The molecule has 0 N–H and O–H groups in total. The molecule has 0 aromatic heterocycles. The van der Waals surface area contributed by atoms with Crippen molar-refractivity contribution in [1.29, 1.82) is 0 Å². The summed E-state index contributed by atoms with van der Waals surface area (Å²) >= 11 is 0. The van der Waals surface area contributed by atoms with Crippen molar-refractivity contribution in [3.05, 3.63) is 41.5 Å². The Bertz CT molecular complexity index is 407. The van der Waals surface area contributed by atoms with Gasteiger partial charge in [0.15, 0.2) is 0 Å². The Hall–Kier alpha value is -1.61. The van der Waals surface area contributed by atoms with Crippen molar-refractivity contribution >= 4 is 12.0 Å². The quantitative estimate of drug-likeness (QED) is 0.557. The van der Waals surface area contributed by atoms with E-state index in [9.17, 15) is 4.79 Å². The van der Waals surface area contributed by atoms with Crippen molar-refractivity contribution in [2.75, 3.05) is 13.2 Å². The summed E-state index contributed by atoms with van der Waals surface area (Å²) in [6.07, 6.45) is 2.72. The van der Waals surface area contributed by atoms with Crippen LogP contribution < -0.4 is 0 Å². The standard InChI is InChI=1S/C16H22O3/c1-4-10-18-16(17)15(12-19-13(2)3)11-14-8-6-5-7-9-14/h5-9,11,13H,4,10,12H2,1-3H3. The van der Waals surface area contributed by atoms with Crippen LogP contribution in [0.25, 0.3) is 6.08 Å². The molecule has 0 aliphatic rings. The first kappa shape index (κ1) is 15.4. The van der Waals surface area contributed by atoms with Crippen molar-refractivity contribution in [1.82, 2.24) is 0 Å². The minimum atomic E-state index is -0.300. The molecule has 1 aromatic carbocycles. The number of benzene rings is 1. The van der Waals surface area contributed by atoms with E-state index in [0.29, 0.717) is 12.2 Å². The maximum absolute atomic E-state index is 11.9. The average molecular weight is 262 g/mol. The van der Waals surface area contributed by atoms with Gasteiger partial charge in [-0.3, -0.25) is 0 Å². The molecule has 3 heteroatoms. The molecule has 0 aliphatic carbocycles. The lowest BCUT2D eigenvalue weighted by Gasteiger charge is -2.11. The van der Waals surface area contributed by atoms with Gasteiger partial charge in [-0.25, -0.2) is 4.79 Å². The molecule has 1 rings (SSSR count). The van der Waals surface area contributed by atoms with Gasteiger partial charge in [-0.2, -0.15) is 0 Å². The molecule has 0 fully saturated rings. The molecule has 19 heavy (non-hydrogen) atoms. The predicted octanol–water partition coefficient (Wildman–Crippen LogP) is 3.45. The van der Waals surface area contributed by atoms with Crippen molar-refractivity contribution in [2.24, 2.45) is 0 Å². The summed E-state index contributed by atoms with van der Waals surface area (Å²) in [6, 6.07) is 9.70. The molecule has 0 amide bonds. The number of hydrogen-bond donors (Lipinski definition) is 0. The highest BCUT2D eigenvalue weighted by Crippen LogP contribution is 2.10. The van der Waals surface area contributed by atoms with E-state index in [4.69, 9.17) is 9.47 Å². The summed E-state index contributed by atoms with van der Waals surface area (Å²) in [5.74, 6) is -0.300. The number of carbonyl (C=O) groups is 1. The number of ether oxygens (including phenoxy) is 2. The first-order valence-corrected chi connectivity index (χ1v) is 6.67. The van der Waals surface area contributed by atoms with E-state index in [2.05, 4.69) is 0 Å². The lowest BCUT2D eigenvalue weighted by atomic mass is 10.1. The van der Waals surface area contributed by atoms with Crippen molar-refractivity contribution < 1.29 is 14.3 Å². The van der Waals surface area contributed by atoms with Crippen LogP contribution in [0, 0.1) is 0 Å². The van der Waals surface area contributed by atoms with E-state index in [1.54, 1.807) is 0 Å². The van der Waals surface area contributed by atoms with Crippen LogP contribution in [-0.4, -0.2) is 25.3 Å². The molecule has 0 bridgehead atoms. The molecule has 1 aromatic rings. The predicted molar refractivity (Wildman–Crippen MR) is 76.8 cm³/mol. The molecule has 0 heterocycles. The largest absolute Gasteiger partial charge is 0.462 e. The fourth-order valence-electron chi connectivity index (χ4n) is 1.45. The van der Waals surface area contributed by atoms with Crippen LogP contribution in [0.5, 0.6) is 0 Å². The zero-order valence-corrected chi connectivity index (χ0v) is 11.9. The van der Waals surface area contributed by atoms with Crippen LogP contribution in [0.4, 0.5) is 0 Å². The van der Waals surface area contributed by atoms with Gasteiger partial charge in [0.2, 0.25) is 0 Å². The first-order valence-electron chi connectivity index (χ1n) is 6.67. The van der Waals surface area contributed by atoms with Crippen LogP contribution in [0.3, 0.4) is 0 Å². The summed E-state index contributed by atoms with van der Waals surface area (Å²) in [5.41, 5.74) is 1.52. The monoisotopic (exact) mass is 262 g/mol. The average Bonchev–Trinajstić information content (AvgIpc) is 2.41. The van der Waals surface area contributed by atoms with Crippen molar-refractivity contribution in [3.63, 3.8) is 0 Å². The Morgan fingerprint density at radius 3 is 2.53 bits per heavy atom. The summed E-state index contributed by atoms with van der Waals surface area (Å²) in [4.78, 5) is 11.9. The van der Waals surface area contributed by atoms with Gasteiger partial charge in [0.1, 0.15) is 0 Å². The van der Waals surface area contributed by atoms with Gasteiger partial charge in [0, 0.05) is 0 Å². The van der Waals surface area contributed by atoms with Crippen LogP contribution >= 0.6 is 0 Å². The summed E-state index contributed by atoms with van der Waals surface area (Å²) in [6.45, 7) is 6.56. The van der Waals surface area contributed by atoms with Gasteiger partial charge in [-0.05, 0) is 31.9 Å². The fourth-order valence-corrected chi connectivity index (χ4v) is 1.45. The van der Waals surface area contributed by atoms with E-state index in [0.717, 1.165) is 12.0 Å². The maximum Gasteiger partial charge on any atom is 0.336 e. The highest BCUT2D eigenvalue weighted by atomic mass is 16.5. The third-order valence-corrected chi connectivity index (χ3v) is 2.41. The summed E-state index contributed by atoms with van der Waals surface area (Å²) in [7, 11) is 0. The summed E-state index contributed by atoms with van der Waals surface area (Å²) < 4.78 is 10.7. The molecule has 0 unspecified atom stereocenters. The maximum atomic E-state index is 11.9. The van der Waals surface area contributed by atoms with Crippen LogP contribution in [0.1, 0.15) is 32.8 Å². The normalized spacial score (nSPS) is 11.7. The number of carbonyl (C=O) groups excluding carboxylic acids is 1. The third-order valence-electron chi connectivity index (χ3n) is 2.41. The third kappa shape index (κ3) is 6.20. The topological polar surface area (TPSA) is 35.5 Å². The van der Waals surface area contributed by atoms with Gasteiger partial charge >= 0.3 is 5.97 Å². The second-order valence-electron chi connectivity index (χ2n) is 4.58. The molecule has 0 radical (unpaired) electrons. The Kier molecular flexibility index (Phi) is 6.90. The molecule has 0 saturated heterocycles. The van der Waals surface area contributed by atoms with E-state index < -0.39 is 0 Å². The highest BCUT2D eigenvalue weighted by molar-refractivity contribution is 5.94. The Labute approximate surface area is 115 Å².